The molecule has 2 aromatic carbocycles. The zero-order valence-corrected chi connectivity index (χ0v) is 17.8. The van der Waals surface area contributed by atoms with Crippen LogP contribution in [-0.2, 0) is 21.2 Å². The van der Waals surface area contributed by atoms with E-state index in [1.165, 1.54) is 26.2 Å². The monoisotopic (exact) mass is 449 g/mol. The molecular formula is C20H20ClN3O5S. The average molecular weight is 450 g/mol. The van der Waals surface area contributed by atoms with Gasteiger partial charge in [0.25, 0.3) is 5.91 Å². The fraction of sp³-hybridized carbons (Fsp3) is 0.200. The van der Waals surface area contributed by atoms with Gasteiger partial charge in [-0.3, -0.25) is 4.79 Å². The van der Waals surface area contributed by atoms with Gasteiger partial charge in [0.05, 0.1) is 5.02 Å². The molecule has 0 aliphatic rings. The number of benzene rings is 2. The molecule has 3 rings (SSSR count). The number of hydrogen-bond acceptors (Lipinski definition) is 4. The number of aromatic nitrogens is 1. The Bertz CT molecular complexity index is 1220. The Kier molecular flexibility index (Phi) is 6.16. The van der Waals surface area contributed by atoms with Crippen LogP contribution in [0, 0.1) is 0 Å². The van der Waals surface area contributed by atoms with Gasteiger partial charge in [-0.1, -0.05) is 29.8 Å². The molecule has 30 heavy (non-hydrogen) atoms. The van der Waals surface area contributed by atoms with Crippen LogP contribution in [0.15, 0.2) is 53.6 Å². The number of fused-ring (bicyclic) bond motifs is 1. The van der Waals surface area contributed by atoms with Crippen LogP contribution in [-0.4, -0.2) is 54.8 Å². The number of hydrogen-bond donors (Lipinski definition) is 3. The predicted octanol–water partition coefficient (Wildman–Crippen LogP) is 2.50. The molecule has 158 valence electrons. The smallest absolute Gasteiger partial charge is 0.326 e. The zero-order valence-electron chi connectivity index (χ0n) is 16.2. The van der Waals surface area contributed by atoms with Gasteiger partial charge in [-0.15, -0.1) is 0 Å². The number of rotatable bonds is 7. The molecule has 0 saturated heterocycles. The van der Waals surface area contributed by atoms with E-state index in [2.05, 4.69) is 10.3 Å². The molecule has 1 aromatic heterocycles. The van der Waals surface area contributed by atoms with Crippen molar-refractivity contribution in [1.29, 1.82) is 0 Å². The van der Waals surface area contributed by atoms with Crippen LogP contribution in [0.4, 0.5) is 0 Å². The highest BCUT2D eigenvalue weighted by atomic mass is 35.5. The van der Waals surface area contributed by atoms with Crippen LogP contribution in [0.25, 0.3) is 10.9 Å². The molecule has 1 heterocycles. The number of H-pyrrole nitrogens is 1. The maximum absolute atomic E-state index is 12.7. The Labute approximate surface area is 178 Å². The van der Waals surface area contributed by atoms with Crippen LogP contribution in [0.2, 0.25) is 5.02 Å². The third-order valence-electron chi connectivity index (χ3n) is 4.65. The van der Waals surface area contributed by atoms with Gasteiger partial charge in [-0.25, -0.2) is 17.5 Å². The van der Waals surface area contributed by atoms with Crippen molar-refractivity contribution in [2.45, 2.75) is 17.4 Å². The third-order valence-corrected chi connectivity index (χ3v) is 6.95. The van der Waals surface area contributed by atoms with Crippen LogP contribution in [0.5, 0.6) is 0 Å². The number of aliphatic carboxylic acids is 1. The number of carbonyl (C=O) groups is 2. The molecule has 8 nitrogen and oxygen atoms in total. The molecule has 1 amide bonds. The number of aromatic amines is 1. The Balaban J connectivity index is 1.86. The number of halogens is 1. The van der Waals surface area contributed by atoms with Crippen molar-refractivity contribution in [1.82, 2.24) is 14.6 Å². The molecule has 0 fully saturated rings. The van der Waals surface area contributed by atoms with Crippen molar-refractivity contribution >= 4 is 44.4 Å². The molecule has 0 unspecified atom stereocenters. The number of amides is 1. The standard InChI is InChI=1S/C20H20ClN3O5S/c1-24(2)30(28,29)18-10-12(7-8-15(18)21)19(25)23-17(20(26)27)9-13-11-22-16-6-4-3-5-14(13)16/h3-8,10-11,17,22H,9H2,1-2H3,(H,23,25)(H,26,27)/t17-/m1/s1. The third kappa shape index (κ3) is 4.33. The summed E-state index contributed by atoms with van der Waals surface area (Å²) in [4.78, 5) is 27.3. The maximum Gasteiger partial charge on any atom is 0.326 e. The lowest BCUT2D eigenvalue weighted by Gasteiger charge is -2.16. The first-order valence-electron chi connectivity index (χ1n) is 8.92. The highest BCUT2D eigenvalue weighted by molar-refractivity contribution is 7.89. The second-order valence-corrected chi connectivity index (χ2v) is 9.39. The number of sulfonamides is 1. The van der Waals surface area contributed by atoms with Crippen LogP contribution in [0.3, 0.4) is 0 Å². The van der Waals surface area contributed by atoms with E-state index in [0.717, 1.165) is 26.8 Å². The Hall–Kier alpha value is -2.88. The summed E-state index contributed by atoms with van der Waals surface area (Å²) >= 11 is 6.00. The topological polar surface area (TPSA) is 120 Å². The summed E-state index contributed by atoms with van der Waals surface area (Å²) in [5.74, 6) is -1.92. The Morgan fingerprint density at radius 2 is 1.90 bits per heavy atom. The summed E-state index contributed by atoms with van der Waals surface area (Å²) in [5.41, 5.74) is 1.59. The molecule has 0 radical (unpaired) electrons. The van der Waals surface area contributed by atoms with Gasteiger partial charge in [-0.2, -0.15) is 0 Å². The van der Waals surface area contributed by atoms with Crippen molar-refractivity contribution in [3.8, 4) is 0 Å². The summed E-state index contributed by atoms with van der Waals surface area (Å²) in [6.45, 7) is 0. The lowest BCUT2D eigenvalue weighted by Crippen LogP contribution is -2.42. The molecule has 0 aliphatic carbocycles. The number of nitrogens with one attached hydrogen (secondary N) is 2. The van der Waals surface area contributed by atoms with E-state index in [9.17, 15) is 23.1 Å². The Morgan fingerprint density at radius 3 is 2.57 bits per heavy atom. The second-order valence-electron chi connectivity index (χ2n) is 6.86. The molecule has 0 spiro atoms. The minimum Gasteiger partial charge on any atom is -0.480 e. The van der Waals surface area contributed by atoms with E-state index in [-0.39, 0.29) is 21.9 Å². The van der Waals surface area contributed by atoms with Gasteiger partial charge in [0.2, 0.25) is 10.0 Å². The van der Waals surface area contributed by atoms with Crippen LogP contribution >= 0.6 is 11.6 Å². The van der Waals surface area contributed by atoms with E-state index in [4.69, 9.17) is 11.6 Å². The summed E-state index contributed by atoms with van der Waals surface area (Å²) in [6.07, 6.45) is 1.76. The van der Waals surface area contributed by atoms with Gasteiger partial charge < -0.3 is 15.4 Å². The molecule has 10 heteroatoms. The minimum absolute atomic E-state index is 0.00926. The van der Waals surface area contributed by atoms with Crippen molar-refractivity contribution in [3.05, 3.63) is 64.8 Å². The van der Waals surface area contributed by atoms with E-state index in [1.54, 1.807) is 6.20 Å². The van der Waals surface area contributed by atoms with E-state index < -0.39 is 27.9 Å². The number of carboxylic acids is 1. The van der Waals surface area contributed by atoms with Crippen molar-refractivity contribution in [2.75, 3.05) is 14.1 Å². The lowest BCUT2D eigenvalue weighted by atomic mass is 10.0. The average Bonchev–Trinajstić information content (AvgIpc) is 3.10. The molecule has 0 aliphatic heterocycles. The summed E-state index contributed by atoms with van der Waals surface area (Å²) in [7, 11) is -1.18. The van der Waals surface area contributed by atoms with E-state index >= 15 is 0 Å². The minimum atomic E-state index is -3.87. The number of carboxylic acid groups (broad SMARTS) is 1. The molecule has 3 aromatic rings. The Morgan fingerprint density at radius 1 is 1.20 bits per heavy atom. The fourth-order valence-electron chi connectivity index (χ4n) is 3.00. The molecular weight excluding hydrogens is 430 g/mol. The second kappa shape index (κ2) is 8.47. The van der Waals surface area contributed by atoms with Gasteiger partial charge >= 0.3 is 5.97 Å². The van der Waals surface area contributed by atoms with E-state index in [1.807, 2.05) is 24.3 Å². The molecule has 3 N–H and O–H groups in total. The van der Waals surface area contributed by atoms with Gasteiger partial charge in [-0.05, 0) is 29.8 Å². The zero-order chi connectivity index (χ0) is 22.1. The number of para-hydroxylation sites is 1. The van der Waals surface area contributed by atoms with Gasteiger partial charge in [0.15, 0.2) is 0 Å². The lowest BCUT2D eigenvalue weighted by molar-refractivity contribution is -0.139. The van der Waals surface area contributed by atoms with E-state index in [0.29, 0.717) is 0 Å². The largest absolute Gasteiger partial charge is 0.480 e. The van der Waals surface area contributed by atoms with Gasteiger partial charge in [0, 0.05) is 43.2 Å². The predicted molar refractivity (Wildman–Crippen MR) is 113 cm³/mol. The highest BCUT2D eigenvalue weighted by Gasteiger charge is 2.25. The van der Waals surface area contributed by atoms with Gasteiger partial charge in [0.1, 0.15) is 10.9 Å². The fourth-order valence-corrected chi connectivity index (χ4v) is 4.39. The molecule has 0 bridgehead atoms. The maximum atomic E-state index is 12.7. The summed E-state index contributed by atoms with van der Waals surface area (Å²) in [5, 5.41) is 12.9. The van der Waals surface area contributed by atoms with Crippen LogP contribution in [0.1, 0.15) is 15.9 Å². The van der Waals surface area contributed by atoms with Crippen molar-refractivity contribution in [3.63, 3.8) is 0 Å². The highest BCUT2D eigenvalue weighted by Crippen LogP contribution is 2.25. The summed E-state index contributed by atoms with van der Waals surface area (Å²) < 4.78 is 25.8. The summed E-state index contributed by atoms with van der Waals surface area (Å²) in [6, 6.07) is 10.00. The first kappa shape index (κ1) is 21.8. The molecule has 1 atom stereocenters. The van der Waals surface area contributed by atoms with Crippen LogP contribution < -0.4 is 5.32 Å². The quantitative estimate of drug-likeness (QED) is 0.512. The SMILES string of the molecule is CN(C)S(=O)(=O)c1cc(C(=O)N[C@H](Cc2c[nH]c3ccccc23)C(=O)O)ccc1Cl. The van der Waals surface area contributed by atoms with Crippen molar-refractivity contribution in [2.24, 2.45) is 0 Å². The van der Waals surface area contributed by atoms with Crippen molar-refractivity contribution < 1.29 is 23.1 Å². The first-order valence-corrected chi connectivity index (χ1v) is 10.7. The normalized spacial score (nSPS) is 12.8. The molecule has 0 saturated carbocycles. The first-order chi connectivity index (χ1) is 14.1. The number of nitrogens with zero attached hydrogens (tertiary/aromatic N) is 1. The number of carbonyl (C=O) groups excluding carboxylic acids is 1.